The molecule has 2 unspecified atom stereocenters. The minimum absolute atomic E-state index is 0.139. The van der Waals surface area contributed by atoms with Crippen molar-refractivity contribution in [1.29, 1.82) is 0 Å². The monoisotopic (exact) mass is 390 g/mol. The zero-order valence-corrected chi connectivity index (χ0v) is 15.7. The molecule has 29 heavy (non-hydrogen) atoms. The van der Waals surface area contributed by atoms with Gasteiger partial charge in [0.25, 0.3) is 0 Å². The lowest BCUT2D eigenvalue weighted by Gasteiger charge is -2.18. The molecule has 3 aromatic rings. The smallest absolute Gasteiger partial charge is 0.330 e. The van der Waals surface area contributed by atoms with Crippen LogP contribution in [-0.4, -0.2) is 17.0 Å². The van der Waals surface area contributed by atoms with Crippen molar-refractivity contribution in [2.45, 2.75) is 18.7 Å². The summed E-state index contributed by atoms with van der Waals surface area (Å²) >= 11 is 0. The predicted molar refractivity (Wildman–Crippen MR) is 110 cm³/mol. The van der Waals surface area contributed by atoms with E-state index in [0.717, 1.165) is 5.56 Å². The van der Waals surface area contributed by atoms with Crippen molar-refractivity contribution < 1.29 is 19.4 Å². The van der Waals surface area contributed by atoms with Crippen LogP contribution in [0.3, 0.4) is 0 Å². The molecule has 6 heteroatoms. The average Bonchev–Trinajstić information content (AvgIpc) is 2.76. The van der Waals surface area contributed by atoms with E-state index in [4.69, 9.17) is 10.5 Å². The Kier molecular flexibility index (Phi) is 6.60. The van der Waals surface area contributed by atoms with Crippen molar-refractivity contribution in [1.82, 2.24) is 0 Å². The summed E-state index contributed by atoms with van der Waals surface area (Å²) in [5.74, 6) is -1.56. The lowest BCUT2D eigenvalue weighted by Crippen LogP contribution is -2.24. The number of benzene rings is 3. The lowest BCUT2D eigenvalue weighted by molar-refractivity contribution is -0.146. The number of carboxylic acids is 1. The summed E-state index contributed by atoms with van der Waals surface area (Å²) in [4.78, 5) is 24.0. The second-order valence-electron chi connectivity index (χ2n) is 6.52. The fraction of sp³-hybridized carbons (Fsp3) is 0.130. The van der Waals surface area contributed by atoms with Crippen molar-refractivity contribution >= 4 is 17.6 Å². The molecule has 0 aliphatic carbocycles. The number of ether oxygens (including phenoxy) is 1. The maximum Gasteiger partial charge on any atom is 0.330 e. The third kappa shape index (κ3) is 5.43. The van der Waals surface area contributed by atoms with Crippen LogP contribution in [0.2, 0.25) is 0 Å². The van der Waals surface area contributed by atoms with Crippen molar-refractivity contribution in [3.63, 3.8) is 0 Å². The fourth-order valence-electron chi connectivity index (χ4n) is 2.88. The second kappa shape index (κ2) is 9.52. The number of aliphatic carboxylic acids is 1. The zero-order chi connectivity index (χ0) is 20.6. The molecule has 0 heterocycles. The molecule has 0 saturated heterocycles. The molecule has 0 bridgehead atoms. The summed E-state index contributed by atoms with van der Waals surface area (Å²) in [6.07, 6.45) is 0. The summed E-state index contributed by atoms with van der Waals surface area (Å²) in [6.45, 7) is 0.139. The number of rotatable bonds is 8. The molecule has 148 valence electrons. The Bertz CT molecular complexity index is 961. The van der Waals surface area contributed by atoms with Crippen LogP contribution < -0.4 is 11.1 Å². The SMILES string of the molecule is NC(C(=O)OCc1ccccc1)c1cccc(NC(C(=O)O)c2ccccc2)c1. The summed E-state index contributed by atoms with van der Waals surface area (Å²) < 4.78 is 5.29. The predicted octanol–water partition coefficient (Wildman–Crippen LogP) is 3.67. The van der Waals surface area contributed by atoms with Crippen LogP contribution in [0.15, 0.2) is 84.9 Å². The quantitative estimate of drug-likeness (QED) is 0.507. The molecule has 0 radical (unpaired) electrons. The van der Waals surface area contributed by atoms with E-state index < -0.39 is 24.0 Å². The Morgan fingerprint density at radius 2 is 1.52 bits per heavy atom. The average molecular weight is 390 g/mol. The van der Waals surface area contributed by atoms with Crippen LogP contribution in [-0.2, 0) is 20.9 Å². The van der Waals surface area contributed by atoms with Gasteiger partial charge in [-0.15, -0.1) is 0 Å². The van der Waals surface area contributed by atoms with E-state index in [1.165, 1.54) is 0 Å². The van der Waals surface area contributed by atoms with Gasteiger partial charge in [-0.3, -0.25) is 0 Å². The van der Waals surface area contributed by atoms with Crippen molar-refractivity contribution in [3.8, 4) is 0 Å². The summed E-state index contributed by atoms with van der Waals surface area (Å²) in [6, 6.07) is 23.1. The number of hydrogen-bond acceptors (Lipinski definition) is 5. The molecule has 3 aromatic carbocycles. The maximum absolute atomic E-state index is 12.3. The van der Waals surface area contributed by atoms with Gasteiger partial charge in [-0.2, -0.15) is 0 Å². The fourth-order valence-corrected chi connectivity index (χ4v) is 2.88. The van der Waals surface area contributed by atoms with E-state index in [2.05, 4.69) is 5.32 Å². The van der Waals surface area contributed by atoms with Gasteiger partial charge in [0.15, 0.2) is 6.04 Å². The highest BCUT2D eigenvalue weighted by Gasteiger charge is 2.21. The van der Waals surface area contributed by atoms with Crippen LogP contribution in [0, 0.1) is 0 Å². The number of anilines is 1. The standard InChI is InChI=1S/C23H22N2O4/c24-20(23(28)29-15-16-8-3-1-4-9-16)18-12-7-13-19(14-18)25-21(22(26)27)17-10-5-2-6-11-17/h1-14,20-21,25H,15,24H2,(H,26,27). The lowest BCUT2D eigenvalue weighted by atomic mass is 10.0. The second-order valence-corrected chi connectivity index (χ2v) is 6.52. The number of carboxylic acid groups (broad SMARTS) is 1. The molecule has 4 N–H and O–H groups in total. The summed E-state index contributed by atoms with van der Waals surface area (Å²) in [7, 11) is 0. The van der Waals surface area contributed by atoms with Gasteiger partial charge in [0, 0.05) is 5.69 Å². The molecule has 0 amide bonds. The molecule has 0 aliphatic heterocycles. The number of carbonyl (C=O) groups is 2. The van der Waals surface area contributed by atoms with Crippen LogP contribution in [0.5, 0.6) is 0 Å². The van der Waals surface area contributed by atoms with E-state index in [0.29, 0.717) is 16.8 Å². The minimum atomic E-state index is -1.01. The van der Waals surface area contributed by atoms with E-state index in [9.17, 15) is 14.7 Å². The first-order valence-electron chi connectivity index (χ1n) is 9.15. The van der Waals surface area contributed by atoms with Gasteiger partial charge in [-0.25, -0.2) is 9.59 Å². The van der Waals surface area contributed by atoms with Crippen molar-refractivity contribution in [2.24, 2.45) is 5.73 Å². The molecule has 0 spiro atoms. The maximum atomic E-state index is 12.3. The van der Waals surface area contributed by atoms with Gasteiger partial charge in [0.1, 0.15) is 12.6 Å². The third-order valence-corrected chi connectivity index (χ3v) is 4.41. The van der Waals surface area contributed by atoms with Crippen LogP contribution in [0.1, 0.15) is 28.8 Å². The van der Waals surface area contributed by atoms with Gasteiger partial charge < -0.3 is 20.9 Å². The molecular weight excluding hydrogens is 368 g/mol. The number of hydrogen-bond donors (Lipinski definition) is 3. The van der Waals surface area contributed by atoms with E-state index in [1.807, 2.05) is 36.4 Å². The van der Waals surface area contributed by atoms with Gasteiger partial charge >= 0.3 is 11.9 Å². The van der Waals surface area contributed by atoms with E-state index in [-0.39, 0.29) is 6.61 Å². The van der Waals surface area contributed by atoms with Gasteiger partial charge in [-0.1, -0.05) is 72.8 Å². The Labute approximate surface area is 168 Å². The van der Waals surface area contributed by atoms with Crippen LogP contribution >= 0.6 is 0 Å². The summed E-state index contributed by atoms with van der Waals surface area (Å²) in [5, 5.41) is 12.6. The normalized spacial score (nSPS) is 12.6. The zero-order valence-electron chi connectivity index (χ0n) is 15.7. The first-order chi connectivity index (χ1) is 14.0. The Morgan fingerprint density at radius 3 is 2.17 bits per heavy atom. The molecule has 6 nitrogen and oxygen atoms in total. The molecule has 0 saturated carbocycles. The highest BCUT2D eigenvalue weighted by atomic mass is 16.5. The van der Waals surface area contributed by atoms with Gasteiger partial charge in [0.2, 0.25) is 0 Å². The molecule has 3 rings (SSSR count). The Balaban J connectivity index is 1.69. The summed E-state index contributed by atoms with van der Waals surface area (Å²) in [5.41, 5.74) is 8.63. The Hall–Kier alpha value is -3.64. The number of esters is 1. The minimum Gasteiger partial charge on any atom is -0.479 e. The number of carbonyl (C=O) groups excluding carboxylic acids is 1. The van der Waals surface area contributed by atoms with Gasteiger partial charge in [0.05, 0.1) is 0 Å². The first-order valence-corrected chi connectivity index (χ1v) is 9.15. The highest BCUT2D eigenvalue weighted by molar-refractivity contribution is 5.80. The van der Waals surface area contributed by atoms with Crippen LogP contribution in [0.25, 0.3) is 0 Å². The first kappa shape index (κ1) is 20.1. The molecule has 0 fully saturated rings. The van der Waals surface area contributed by atoms with E-state index in [1.54, 1.807) is 48.5 Å². The third-order valence-electron chi connectivity index (χ3n) is 4.41. The Morgan fingerprint density at radius 1 is 0.897 bits per heavy atom. The van der Waals surface area contributed by atoms with Gasteiger partial charge in [-0.05, 0) is 28.8 Å². The van der Waals surface area contributed by atoms with Crippen molar-refractivity contribution in [3.05, 3.63) is 102 Å². The molecular formula is C23H22N2O4. The highest BCUT2D eigenvalue weighted by Crippen LogP contribution is 2.23. The van der Waals surface area contributed by atoms with Crippen molar-refractivity contribution in [2.75, 3.05) is 5.32 Å². The molecule has 0 aromatic heterocycles. The topological polar surface area (TPSA) is 102 Å². The molecule has 2 atom stereocenters. The molecule has 0 aliphatic rings. The number of nitrogens with two attached hydrogens (primary N) is 1. The van der Waals surface area contributed by atoms with Crippen LogP contribution in [0.4, 0.5) is 5.69 Å². The largest absolute Gasteiger partial charge is 0.479 e. The van der Waals surface area contributed by atoms with E-state index >= 15 is 0 Å². The number of nitrogens with one attached hydrogen (secondary N) is 1.